The first-order valence-corrected chi connectivity index (χ1v) is 9.45. The van der Waals surface area contributed by atoms with Crippen molar-refractivity contribution >= 4 is 11.8 Å². The standard InChI is InChI=1S/C19H33N3O3/c1-13(2)19(4,25-12-15-7-5-6-10-20-15)14(3)11-21-16-8-9-17(23)22-18(16)24/h13,15-16,20-21H,3,5-12H2,1-2,4H3,(H,22,23,24)/t15-,16?,19?/m1/s1. The number of carbonyl (C=O) groups is 2. The van der Waals surface area contributed by atoms with Crippen LogP contribution < -0.4 is 16.0 Å². The lowest BCUT2D eigenvalue weighted by molar-refractivity contribution is -0.134. The third-order valence-corrected chi connectivity index (χ3v) is 5.60. The van der Waals surface area contributed by atoms with E-state index in [-0.39, 0.29) is 23.8 Å². The van der Waals surface area contributed by atoms with Crippen molar-refractivity contribution in [1.82, 2.24) is 16.0 Å². The first-order chi connectivity index (χ1) is 11.8. The predicted octanol–water partition coefficient (Wildman–Crippen LogP) is 1.51. The summed E-state index contributed by atoms with van der Waals surface area (Å²) in [5.41, 5.74) is 0.482. The monoisotopic (exact) mass is 351 g/mol. The van der Waals surface area contributed by atoms with Crippen molar-refractivity contribution < 1.29 is 14.3 Å². The van der Waals surface area contributed by atoms with Gasteiger partial charge in [-0.05, 0) is 44.2 Å². The van der Waals surface area contributed by atoms with Crippen LogP contribution in [0.15, 0.2) is 12.2 Å². The van der Waals surface area contributed by atoms with E-state index in [2.05, 4.69) is 43.3 Å². The highest BCUT2D eigenvalue weighted by Crippen LogP contribution is 2.29. The Morgan fingerprint density at radius 1 is 1.36 bits per heavy atom. The van der Waals surface area contributed by atoms with E-state index in [1.54, 1.807) is 0 Å². The Labute approximate surface area is 151 Å². The molecule has 2 amide bonds. The number of amides is 2. The summed E-state index contributed by atoms with van der Waals surface area (Å²) in [7, 11) is 0. The van der Waals surface area contributed by atoms with Crippen molar-refractivity contribution in [1.29, 1.82) is 0 Å². The van der Waals surface area contributed by atoms with Gasteiger partial charge >= 0.3 is 0 Å². The number of carbonyl (C=O) groups excluding carboxylic acids is 2. The van der Waals surface area contributed by atoms with Crippen LogP contribution in [-0.2, 0) is 14.3 Å². The Morgan fingerprint density at radius 3 is 2.72 bits per heavy atom. The van der Waals surface area contributed by atoms with Crippen LogP contribution in [0, 0.1) is 5.92 Å². The highest BCUT2D eigenvalue weighted by molar-refractivity contribution is 6.00. The molecule has 2 aliphatic heterocycles. The topological polar surface area (TPSA) is 79.5 Å². The predicted molar refractivity (Wildman–Crippen MR) is 98.2 cm³/mol. The maximum Gasteiger partial charge on any atom is 0.243 e. The number of hydrogen-bond acceptors (Lipinski definition) is 5. The SMILES string of the molecule is C=C(CNC1CCC(=O)NC1=O)C(C)(OC[C@H]1CCCCN1)C(C)C. The van der Waals surface area contributed by atoms with Gasteiger partial charge in [-0.2, -0.15) is 0 Å². The van der Waals surface area contributed by atoms with Crippen molar-refractivity contribution in [3.05, 3.63) is 12.2 Å². The molecular formula is C19H33N3O3. The molecule has 0 aliphatic carbocycles. The molecule has 2 unspecified atom stereocenters. The van der Waals surface area contributed by atoms with Crippen LogP contribution in [0.3, 0.4) is 0 Å². The first kappa shape index (κ1) is 20.1. The quantitative estimate of drug-likeness (QED) is 0.456. The zero-order chi connectivity index (χ0) is 18.4. The fourth-order valence-corrected chi connectivity index (χ4v) is 3.33. The molecule has 2 aliphatic rings. The molecule has 0 aromatic heterocycles. The van der Waals surface area contributed by atoms with Crippen molar-refractivity contribution in [3.63, 3.8) is 0 Å². The van der Waals surface area contributed by atoms with E-state index < -0.39 is 5.60 Å². The fourth-order valence-electron chi connectivity index (χ4n) is 3.33. The summed E-state index contributed by atoms with van der Waals surface area (Å²) in [5, 5.41) is 9.11. The van der Waals surface area contributed by atoms with Crippen LogP contribution in [0.4, 0.5) is 0 Å². The summed E-state index contributed by atoms with van der Waals surface area (Å²) in [5.74, 6) is -0.174. The lowest BCUT2D eigenvalue weighted by Gasteiger charge is -2.38. The minimum absolute atomic E-state index is 0.197. The summed E-state index contributed by atoms with van der Waals surface area (Å²) in [6.45, 7) is 12.8. The van der Waals surface area contributed by atoms with Gasteiger partial charge in [-0.1, -0.05) is 26.8 Å². The molecule has 25 heavy (non-hydrogen) atoms. The van der Waals surface area contributed by atoms with Crippen LogP contribution >= 0.6 is 0 Å². The van der Waals surface area contributed by atoms with Gasteiger partial charge in [-0.3, -0.25) is 14.9 Å². The van der Waals surface area contributed by atoms with Crippen LogP contribution in [0.25, 0.3) is 0 Å². The van der Waals surface area contributed by atoms with Crippen LogP contribution in [0.1, 0.15) is 52.9 Å². The van der Waals surface area contributed by atoms with Crippen molar-refractivity contribution in [3.8, 4) is 0 Å². The third kappa shape index (κ3) is 5.36. The number of nitrogens with one attached hydrogen (secondary N) is 3. The van der Waals surface area contributed by atoms with Gasteiger partial charge in [0, 0.05) is 19.0 Å². The highest BCUT2D eigenvalue weighted by atomic mass is 16.5. The summed E-state index contributed by atoms with van der Waals surface area (Å²) in [6.07, 6.45) is 4.54. The molecule has 2 fully saturated rings. The Balaban J connectivity index is 1.87. The maximum atomic E-state index is 11.9. The van der Waals surface area contributed by atoms with E-state index in [9.17, 15) is 9.59 Å². The zero-order valence-electron chi connectivity index (χ0n) is 15.8. The molecule has 0 aromatic rings. The van der Waals surface area contributed by atoms with Crippen molar-refractivity contribution in [2.75, 3.05) is 19.7 Å². The molecule has 0 saturated carbocycles. The molecule has 0 aromatic carbocycles. The van der Waals surface area contributed by atoms with Crippen LogP contribution in [-0.4, -0.2) is 49.2 Å². The second-order valence-electron chi connectivity index (χ2n) is 7.71. The van der Waals surface area contributed by atoms with E-state index >= 15 is 0 Å². The maximum absolute atomic E-state index is 11.9. The summed E-state index contributed by atoms with van der Waals surface area (Å²) >= 11 is 0. The van der Waals surface area contributed by atoms with Crippen LogP contribution in [0.5, 0.6) is 0 Å². The van der Waals surface area contributed by atoms with Crippen molar-refractivity contribution in [2.24, 2.45) is 5.92 Å². The van der Waals surface area contributed by atoms with Gasteiger partial charge in [-0.25, -0.2) is 0 Å². The Morgan fingerprint density at radius 2 is 2.12 bits per heavy atom. The number of ether oxygens (including phenoxy) is 1. The van der Waals surface area contributed by atoms with Gasteiger partial charge in [0.25, 0.3) is 0 Å². The molecular weight excluding hydrogens is 318 g/mol. The van der Waals surface area contributed by atoms with E-state index in [1.165, 1.54) is 12.8 Å². The molecule has 3 atom stereocenters. The Hall–Kier alpha value is -1.24. The molecule has 2 heterocycles. The van der Waals surface area contributed by atoms with E-state index in [4.69, 9.17) is 4.74 Å². The Kier molecular flexibility index (Phi) is 7.16. The van der Waals surface area contributed by atoms with Crippen LogP contribution in [0.2, 0.25) is 0 Å². The average Bonchev–Trinajstić information content (AvgIpc) is 2.59. The molecule has 142 valence electrons. The molecule has 2 saturated heterocycles. The zero-order valence-corrected chi connectivity index (χ0v) is 15.8. The van der Waals surface area contributed by atoms with Gasteiger partial charge < -0.3 is 15.4 Å². The van der Waals surface area contributed by atoms with Gasteiger partial charge in [0.15, 0.2) is 0 Å². The lowest BCUT2D eigenvalue weighted by atomic mass is 9.84. The largest absolute Gasteiger partial charge is 0.369 e. The molecule has 0 spiro atoms. The average molecular weight is 351 g/mol. The number of rotatable bonds is 8. The highest BCUT2D eigenvalue weighted by Gasteiger charge is 2.34. The Bertz CT molecular complexity index is 500. The van der Waals surface area contributed by atoms with Gasteiger partial charge in [0.2, 0.25) is 11.8 Å². The van der Waals surface area contributed by atoms with Gasteiger partial charge in [0.05, 0.1) is 18.2 Å². The summed E-state index contributed by atoms with van der Waals surface area (Å²) < 4.78 is 6.32. The normalized spacial score (nSPS) is 27.0. The molecule has 6 heteroatoms. The minimum atomic E-state index is -0.451. The number of piperidine rings is 2. The van der Waals surface area contributed by atoms with Crippen molar-refractivity contribution in [2.45, 2.75) is 70.6 Å². The van der Waals surface area contributed by atoms with E-state index in [0.717, 1.165) is 18.5 Å². The second-order valence-corrected chi connectivity index (χ2v) is 7.71. The second kappa shape index (κ2) is 8.92. The van der Waals surface area contributed by atoms with E-state index in [1.807, 2.05) is 0 Å². The first-order valence-electron chi connectivity index (χ1n) is 9.45. The van der Waals surface area contributed by atoms with E-state index in [0.29, 0.717) is 32.0 Å². The third-order valence-electron chi connectivity index (χ3n) is 5.60. The molecule has 6 nitrogen and oxygen atoms in total. The molecule has 0 radical (unpaired) electrons. The lowest BCUT2D eigenvalue weighted by Crippen LogP contribution is -2.52. The van der Waals surface area contributed by atoms with Gasteiger partial charge in [0.1, 0.15) is 0 Å². The minimum Gasteiger partial charge on any atom is -0.369 e. The molecule has 2 rings (SSSR count). The summed E-state index contributed by atoms with van der Waals surface area (Å²) in [6, 6.07) is 0.0635. The molecule has 3 N–H and O–H groups in total. The van der Waals surface area contributed by atoms with Gasteiger partial charge in [-0.15, -0.1) is 0 Å². The summed E-state index contributed by atoms with van der Waals surface area (Å²) in [4.78, 5) is 23.1. The number of imide groups is 1. The smallest absolute Gasteiger partial charge is 0.243 e. The fraction of sp³-hybridized carbons (Fsp3) is 0.789. The molecule has 0 bridgehead atoms. The number of hydrogen-bond donors (Lipinski definition) is 3.